The van der Waals surface area contributed by atoms with Gasteiger partial charge in [0.05, 0.1) is 5.56 Å². The number of aryl methyl sites for hydroxylation is 1. The van der Waals surface area contributed by atoms with Crippen molar-refractivity contribution in [2.75, 3.05) is 13.1 Å². The van der Waals surface area contributed by atoms with E-state index in [0.29, 0.717) is 24.3 Å². The number of H-pyrrole nitrogens is 1. The van der Waals surface area contributed by atoms with Crippen molar-refractivity contribution in [1.29, 1.82) is 0 Å². The van der Waals surface area contributed by atoms with Crippen molar-refractivity contribution in [3.63, 3.8) is 0 Å². The quantitative estimate of drug-likeness (QED) is 0.817. The highest BCUT2D eigenvalue weighted by Gasteiger charge is 2.35. The van der Waals surface area contributed by atoms with E-state index in [-0.39, 0.29) is 42.2 Å². The maximum Gasteiger partial charge on any atom is 0.255 e. The van der Waals surface area contributed by atoms with Gasteiger partial charge in [0.25, 0.3) is 5.91 Å². The molecule has 1 aliphatic heterocycles. The van der Waals surface area contributed by atoms with Crippen molar-refractivity contribution in [2.45, 2.75) is 33.2 Å². The van der Waals surface area contributed by atoms with Crippen LogP contribution in [0.5, 0.6) is 0 Å². The Morgan fingerprint density at radius 3 is 2.78 bits per heavy atom. The largest absolute Gasteiger partial charge is 0.338 e. The zero-order chi connectivity index (χ0) is 15.2. The molecule has 2 aromatic rings. The van der Waals surface area contributed by atoms with Gasteiger partial charge in [0.15, 0.2) is 5.65 Å². The number of aromatic amines is 1. The van der Waals surface area contributed by atoms with Gasteiger partial charge >= 0.3 is 0 Å². The first kappa shape index (κ1) is 19.7. The van der Waals surface area contributed by atoms with Gasteiger partial charge in [0.2, 0.25) is 0 Å². The van der Waals surface area contributed by atoms with Crippen molar-refractivity contribution < 1.29 is 4.79 Å². The van der Waals surface area contributed by atoms with Gasteiger partial charge in [-0.1, -0.05) is 13.8 Å². The van der Waals surface area contributed by atoms with E-state index in [4.69, 9.17) is 5.73 Å². The molecule has 23 heavy (non-hydrogen) atoms. The molecule has 1 saturated heterocycles. The lowest BCUT2D eigenvalue weighted by atomic mass is 9.79. The third-order valence-electron chi connectivity index (χ3n) is 4.45. The lowest BCUT2D eigenvalue weighted by molar-refractivity contribution is 0.0533. The number of pyridine rings is 1. The highest BCUT2D eigenvalue weighted by molar-refractivity contribution is 5.97. The van der Waals surface area contributed by atoms with Gasteiger partial charge in [-0.25, -0.2) is 4.98 Å². The fourth-order valence-electron chi connectivity index (χ4n) is 2.87. The lowest BCUT2D eigenvalue weighted by Crippen LogP contribution is -2.54. The number of halogens is 2. The summed E-state index contributed by atoms with van der Waals surface area (Å²) in [5.41, 5.74) is 8.25. The average molecular weight is 360 g/mol. The number of rotatable bonds is 1. The number of piperidine rings is 1. The van der Waals surface area contributed by atoms with Gasteiger partial charge in [0.1, 0.15) is 0 Å². The molecule has 1 unspecified atom stereocenters. The summed E-state index contributed by atoms with van der Waals surface area (Å²) in [5, 5.41) is 7.87. The average Bonchev–Trinajstić information content (AvgIpc) is 2.82. The van der Waals surface area contributed by atoms with Crippen molar-refractivity contribution in [3.05, 3.63) is 23.5 Å². The molecule has 0 saturated carbocycles. The van der Waals surface area contributed by atoms with E-state index in [1.807, 2.05) is 17.9 Å². The number of likely N-dealkylation sites (tertiary alicyclic amines) is 1. The molecule has 3 N–H and O–H groups in total. The van der Waals surface area contributed by atoms with Gasteiger partial charge in [-0.3, -0.25) is 9.89 Å². The van der Waals surface area contributed by atoms with Crippen molar-refractivity contribution in [1.82, 2.24) is 20.1 Å². The summed E-state index contributed by atoms with van der Waals surface area (Å²) in [7, 11) is 0. The first-order valence-electron chi connectivity index (χ1n) is 7.24. The third kappa shape index (κ3) is 3.59. The Kier molecular flexibility index (Phi) is 6.01. The molecule has 3 heterocycles. The minimum absolute atomic E-state index is 0. The van der Waals surface area contributed by atoms with Gasteiger partial charge < -0.3 is 10.6 Å². The van der Waals surface area contributed by atoms with E-state index in [1.54, 1.807) is 6.20 Å². The van der Waals surface area contributed by atoms with Gasteiger partial charge in [0, 0.05) is 36.4 Å². The molecule has 1 amide bonds. The molecule has 2 aromatic heterocycles. The molecule has 0 spiro atoms. The molecule has 0 bridgehead atoms. The second kappa shape index (κ2) is 7.03. The number of fused-ring (bicyclic) bond motifs is 1. The molecule has 128 valence electrons. The summed E-state index contributed by atoms with van der Waals surface area (Å²) in [6.45, 7) is 7.52. The minimum atomic E-state index is -0.0585. The number of hydrogen-bond acceptors (Lipinski definition) is 4. The van der Waals surface area contributed by atoms with Crippen LogP contribution in [-0.2, 0) is 0 Å². The number of nitrogens with two attached hydrogens (primary N) is 1. The Morgan fingerprint density at radius 1 is 1.43 bits per heavy atom. The fraction of sp³-hybridized carbons (Fsp3) is 0.533. The van der Waals surface area contributed by atoms with E-state index in [2.05, 4.69) is 29.0 Å². The lowest BCUT2D eigenvalue weighted by Gasteiger charge is -2.42. The van der Waals surface area contributed by atoms with Crippen LogP contribution in [0.2, 0.25) is 0 Å². The van der Waals surface area contributed by atoms with Gasteiger partial charge in [-0.15, -0.1) is 24.8 Å². The molecule has 0 radical (unpaired) electrons. The van der Waals surface area contributed by atoms with E-state index in [0.717, 1.165) is 17.5 Å². The Hall–Kier alpha value is -1.37. The summed E-state index contributed by atoms with van der Waals surface area (Å²) in [6, 6.07) is 2.00. The summed E-state index contributed by atoms with van der Waals surface area (Å²) >= 11 is 0. The number of carbonyl (C=O) groups is 1. The Balaban J connectivity index is 0.00000132. The number of carbonyl (C=O) groups excluding carboxylic acids is 1. The van der Waals surface area contributed by atoms with E-state index in [1.165, 1.54) is 0 Å². The predicted octanol–water partition coefficient (Wildman–Crippen LogP) is 2.31. The Labute approximate surface area is 148 Å². The zero-order valence-corrected chi connectivity index (χ0v) is 15.1. The molecule has 6 nitrogen and oxygen atoms in total. The Morgan fingerprint density at radius 2 is 2.13 bits per heavy atom. The summed E-state index contributed by atoms with van der Waals surface area (Å²) in [5.74, 6) is 0.0185. The molecule has 8 heteroatoms. The van der Waals surface area contributed by atoms with Gasteiger partial charge in [-0.05, 0) is 24.8 Å². The van der Waals surface area contributed by atoms with E-state index < -0.39 is 0 Å². The van der Waals surface area contributed by atoms with Crippen LogP contribution in [0.1, 0.15) is 36.3 Å². The first-order chi connectivity index (χ1) is 9.88. The highest BCUT2D eigenvalue weighted by Crippen LogP contribution is 2.28. The van der Waals surface area contributed by atoms with Crippen LogP contribution in [0.4, 0.5) is 0 Å². The SMILES string of the molecule is Cc1[nH]nc2ncc(C(=O)N3CCC(N)C(C)(C)C3)cc12.Cl.Cl. The predicted molar refractivity (Wildman–Crippen MR) is 95.4 cm³/mol. The van der Waals surface area contributed by atoms with Crippen LogP contribution in [0.3, 0.4) is 0 Å². The summed E-state index contributed by atoms with van der Waals surface area (Å²) in [6.07, 6.45) is 2.44. The Bertz CT molecular complexity index is 700. The smallest absolute Gasteiger partial charge is 0.255 e. The van der Waals surface area contributed by atoms with E-state index >= 15 is 0 Å². The highest BCUT2D eigenvalue weighted by atomic mass is 35.5. The number of nitrogens with one attached hydrogen (secondary N) is 1. The van der Waals surface area contributed by atoms with Crippen LogP contribution in [-0.4, -0.2) is 45.1 Å². The fourth-order valence-corrected chi connectivity index (χ4v) is 2.87. The zero-order valence-electron chi connectivity index (χ0n) is 13.5. The molecular formula is C15H23Cl2N5O. The molecule has 1 atom stereocenters. The monoisotopic (exact) mass is 359 g/mol. The molecule has 3 rings (SSSR count). The number of nitrogens with zero attached hydrogens (tertiary/aromatic N) is 3. The number of amides is 1. The molecule has 1 fully saturated rings. The van der Waals surface area contributed by atoms with Crippen LogP contribution >= 0.6 is 24.8 Å². The molecule has 1 aliphatic rings. The number of hydrogen-bond donors (Lipinski definition) is 2. The van der Waals surface area contributed by atoms with Crippen LogP contribution in [0.25, 0.3) is 11.0 Å². The van der Waals surface area contributed by atoms with Crippen LogP contribution < -0.4 is 5.73 Å². The first-order valence-corrected chi connectivity index (χ1v) is 7.24. The van der Waals surface area contributed by atoms with Crippen molar-refractivity contribution in [2.24, 2.45) is 11.1 Å². The standard InChI is InChI=1S/C15H21N5O.2ClH/c1-9-11-6-10(7-17-13(11)19-18-9)14(21)20-5-4-12(16)15(2,3)8-20;;/h6-7,12H,4-5,8,16H2,1-3H3,(H,17,18,19);2*1H. The molecule has 0 aromatic carbocycles. The summed E-state index contributed by atoms with van der Waals surface area (Å²) in [4.78, 5) is 18.8. The van der Waals surface area contributed by atoms with Crippen LogP contribution in [0, 0.1) is 12.3 Å². The summed E-state index contributed by atoms with van der Waals surface area (Å²) < 4.78 is 0. The minimum Gasteiger partial charge on any atom is -0.338 e. The number of aromatic nitrogens is 3. The second-order valence-electron chi connectivity index (χ2n) is 6.55. The third-order valence-corrected chi connectivity index (χ3v) is 4.45. The topological polar surface area (TPSA) is 87.9 Å². The van der Waals surface area contributed by atoms with Crippen LogP contribution in [0.15, 0.2) is 12.3 Å². The molecule has 0 aliphatic carbocycles. The molecular weight excluding hydrogens is 337 g/mol. The maximum absolute atomic E-state index is 12.7. The maximum atomic E-state index is 12.7. The van der Waals surface area contributed by atoms with Gasteiger partial charge in [-0.2, -0.15) is 5.10 Å². The van der Waals surface area contributed by atoms with E-state index in [9.17, 15) is 4.79 Å². The normalized spacial score (nSPS) is 19.8. The van der Waals surface area contributed by atoms with Crippen molar-refractivity contribution in [3.8, 4) is 0 Å². The van der Waals surface area contributed by atoms with Crippen molar-refractivity contribution >= 4 is 41.8 Å². The second-order valence-corrected chi connectivity index (χ2v) is 6.55.